The molecule has 0 bridgehead atoms. The summed E-state index contributed by atoms with van der Waals surface area (Å²) < 4.78 is 4.85. The second kappa shape index (κ2) is 4.95. The van der Waals surface area contributed by atoms with Gasteiger partial charge in [0.25, 0.3) is 0 Å². The highest BCUT2D eigenvalue weighted by Crippen LogP contribution is 2.43. The van der Waals surface area contributed by atoms with Crippen molar-refractivity contribution in [2.75, 3.05) is 7.11 Å². The van der Waals surface area contributed by atoms with Crippen LogP contribution in [0.4, 0.5) is 0 Å². The second-order valence-electron chi connectivity index (χ2n) is 6.14. The van der Waals surface area contributed by atoms with Crippen LogP contribution in [0.1, 0.15) is 43.0 Å². The van der Waals surface area contributed by atoms with Gasteiger partial charge in [0.05, 0.1) is 18.2 Å². The predicted octanol–water partition coefficient (Wildman–Crippen LogP) is 3.04. The number of carboxylic acids is 1. The van der Waals surface area contributed by atoms with Gasteiger partial charge in [-0.3, -0.25) is 0 Å². The number of esters is 1. The van der Waals surface area contributed by atoms with Crippen molar-refractivity contribution >= 4 is 11.9 Å². The first-order chi connectivity index (χ1) is 11.1. The van der Waals surface area contributed by atoms with Crippen LogP contribution in [0.3, 0.4) is 0 Å². The number of carbonyl (C=O) groups is 2. The van der Waals surface area contributed by atoms with Gasteiger partial charge in [0.15, 0.2) is 0 Å². The average molecular weight is 308 g/mol. The van der Waals surface area contributed by atoms with Crippen LogP contribution in [-0.2, 0) is 30.4 Å². The molecule has 0 unspecified atom stereocenters. The van der Waals surface area contributed by atoms with Crippen LogP contribution in [0, 0.1) is 0 Å². The van der Waals surface area contributed by atoms with Crippen molar-refractivity contribution in [3.05, 3.63) is 57.6 Å². The summed E-state index contributed by atoms with van der Waals surface area (Å²) in [5.41, 5.74) is 7.93. The zero-order chi connectivity index (χ0) is 16.1. The largest absolute Gasteiger partial charge is 0.478 e. The molecular formula is C19H16O4. The molecule has 0 amide bonds. The van der Waals surface area contributed by atoms with Crippen molar-refractivity contribution < 1.29 is 19.4 Å². The molecule has 4 heteroatoms. The Kier molecular flexibility index (Phi) is 3.01. The zero-order valence-corrected chi connectivity index (χ0v) is 12.8. The lowest BCUT2D eigenvalue weighted by molar-refractivity contribution is 0.0599. The summed E-state index contributed by atoms with van der Waals surface area (Å²) in [5, 5.41) is 9.29. The molecule has 4 nitrogen and oxygen atoms in total. The highest BCUT2D eigenvalue weighted by atomic mass is 16.5. The van der Waals surface area contributed by atoms with E-state index in [2.05, 4.69) is 0 Å². The van der Waals surface area contributed by atoms with Gasteiger partial charge in [-0.25, -0.2) is 9.59 Å². The van der Waals surface area contributed by atoms with E-state index in [1.54, 1.807) is 12.1 Å². The number of aryl methyl sites for hydroxylation is 4. The van der Waals surface area contributed by atoms with Gasteiger partial charge in [-0.05, 0) is 83.3 Å². The van der Waals surface area contributed by atoms with Crippen LogP contribution in [0.15, 0.2) is 24.3 Å². The maximum Gasteiger partial charge on any atom is 0.337 e. The maximum atomic E-state index is 11.9. The van der Waals surface area contributed by atoms with Crippen molar-refractivity contribution in [3.8, 4) is 11.1 Å². The summed E-state index contributed by atoms with van der Waals surface area (Å²) in [6.07, 6.45) is 3.26. The van der Waals surface area contributed by atoms with Crippen LogP contribution >= 0.6 is 0 Å². The number of rotatable bonds is 2. The summed E-state index contributed by atoms with van der Waals surface area (Å²) in [6, 6.07) is 7.45. The van der Waals surface area contributed by atoms with E-state index in [0.29, 0.717) is 11.1 Å². The monoisotopic (exact) mass is 308 g/mol. The van der Waals surface area contributed by atoms with E-state index in [-0.39, 0.29) is 5.97 Å². The fourth-order valence-corrected chi connectivity index (χ4v) is 3.86. The molecule has 2 aliphatic rings. The number of aromatic carboxylic acids is 1. The third kappa shape index (κ3) is 2.05. The molecule has 0 fully saturated rings. The number of carbonyl (C=O) groups excluding carboxylic acids is 1. The third-order valence-electron chi connectivity index (χ3n) is 4.85. The van der Waals surface area contributed by atoms with Crippen LogP contribution in [0.25, 0.3) is 11.1 Å². The number of carboxylic acid groups (broad SMARTS) is 1. The van der Waals surface area contributed by atoms with Crippen molar-refractivity contribution in [2.45, 2.75) is 25.7 Å². The highest BCUT2D eigenvalue weighted by molar-refractivity contribution is 5.94. The van der Waals surface area contributed by atoms with E-state index in [1.807, 2.05) is 12.1 Å². The van der Waals surface area contributed by atoms with Gasteiger partial charge < -0.3 is 9.84 Å². The van der Waals surface area contributed by atoms with Gasteiger partial charge in [-0.2, -0.15) is 0 Å². The van der Waals surface area contributed by atoms with E-state index < -0.39 is 5.97 Å². The minimum absolute atomic E-state index is 0.304. The fraction of sp³-hybridized carbons (Fsp3) is 0.263. The van der Waals surface area contributed by atoms with E-state index in [0.717, 1.165) is 36.8 Å². The molecule has 0 saturated carbocycles. The minimum Gasteiger partial charge on any atom is -0.478 e. The SMILES string of the molecule is COC(=O)c1cc2c3c(c1)CCc1cc(C(=O)O)cc(c1-3)CC2. The van der Waals surface area contributed by atoms with E-state index >= 15 is 0 Å². The number of hydrogen-bond acceptors (Lipinski definition) is 3. The Balaban J connectivity index is 1.95. The van der Waals surface area contributed by atoms with Crippen LogP contribution in [-0.4, -0.2) is 24.2 Å². The molecule has 0 aliphatic heterocycles. The maximum absolute atomic E-state index is 11.9. The van der Waals surface area contributed by atoms with Gasteiger partial charge in [0.1, 0.15) is 0 Å². The first-order valence-corrected chi connectivity index (χ1v) is 7.72. The number of benzene rings is 2. The normalized spacial score (nSPS) is 14.1. The Morgan fingerprint density at radius 3 is 1.57 bits per heavy atom. The van der Waals surface area contributed by atoms with Crippen molar-refractivity contribution in [2.24, 2.45) is 0 Å². The van der Waals surface area contributed by atoms with Crippen molar-refractivity contribution in [1.29, 1.82) is 0 Å². The van der Waals surface area contributed by atoms with Gasteiger partial charge >= 0.3 is 11.9 Å². The van der Waals surface area contributed by atoms with Gasteiger partial charge in [-0.15, -0.1) is 0 Å². The topological polar surface area (TPSA) is 63.6 Å². The fourth-order valence-electron chi connectivity index (χ4n) is 3.86. The lowest BCUT2D eigenvalue weighted by Gasteiger charge is -2.30. The molecular weight excluding hydrogens is 292 g/mol. The molecule has 0 spiro atoms. The average Bonchev–Trinajstić information content (AvgIpc) is 2.58. The molecule has 0 radical (unpaired) electrons. The van der Waals surface area contributed by atoms with Gasteiger partial charge in [-0.1, -0.05) is 0 Å². The summed E-state index contributed by atoms with van der Waals surface area (Å²) in [5.74, 6) is -1.18. The van der Waals surface area contributed by atoms with Crippen molar-refractivity contribution in [3.63, 3.8) is 0 Å². The van der Waals surface area contributed by atoms with E-state index in [1.165, 1.54) is 29.4 Å². The van der Waals surface area contributed by atoms with E-state index in [9.17, 15) is 14.7 Å². The lowest BCUT2D eigenvalue weighted by Crippen LogP contribution is -2.17. The van der Waals surface area contributed by atoms with Crippen LogP contribution in [0.5, 0.6) is 0 Å². The van der Waals surface area contributed by atoms with Gasteiger partial charge in [0, 0.05) is 0 Å². The second-order valence-corrected chi connectivity index (χ2v) is 6.14. The predicted molar refractivity (Wildman–Crippen MR) is 85.0 cm³/mol. The zero-order valence-electron chi connectivity index (χ0n) is 12.8. The molecule has 2 aromatic rings. The Bertz CT molecular complexity index is 814. The molecule has 0 heterocycles. The molecule has 2 aromatic carbocycles. The van der Waals surface area contributed by atoms with Crippen molar-refractivity contribution in [1.82, 2.24) is 0 Å². The summed E-state index contributed by atoms with van der Waals surface area (Å²) in [6.45, 7) is 0. The number of ether oxygens (including phenoxy) is 1. The quantitative estimate of drug-likeness (QED) is 0.866. The highest BCUT2D eigenvalue weighted by Gasteiger charge is 2.28. The molecule has 116 valence electrons. The number of hydrogen-bond donors (Lipinski definition) is 1. The van der Waals surface area contributed by atoms with E-state index in [4.69, 9.17) is 4.74 Å². The number of methoxy groups -OCH3 is 1. The Labute approximate surface area is 133 Å². The molecule has 2 aliphatic carbocycles. The summed E-state index contributed by atoms with van der Waals surface area (Å²) in [4.78, 5) is 23.2. The third-order valence-corrected chi connectivity index (χ3v) is 4.85. The smallest absolute Gasteiger partial charge is 0.337 e. The summed E-state index contributed by atoms with van der Waals surface area (Å²) in [7, 11) is 1.40. The molecule has 0 saturated heterocycles. The molecule has 1 N–H and O–H groups in total. The first-order valence-electron chi connectivity index (χ1n) is 7.72. The molecule has 0 atom stereocenters. The molecule has 0 aromatic heterocycles. The van der Waals surface area contributed by atoms with Gasteiger partial charge in [0.2, 0.25) is 0 Å². The summed E-state index contributed by atoms with van der Waals surface area (Å²) >= 11 is 0. The minimum atomic E-state index is -0.873. The van der Waals surface area contributed by atoms with Crippen LogP contribution in [0.2, 0.25) is 0 Å². The van der Waals surface area contributed by atoms with Crippen LogP contribution < -0.4 is 0 Å². The first kappa shape index (κ1) is 14.0. The Hall–Kier alpha value is -2.62. The standard InChI is InChI=1S/C19H16O4/c1-23-19(22)15-8-12-4-2-10-6-14(18(20)21)7-11-3-5-13(9-15)17(12)16(10)11/h6-9H,2-5H2,1H3,(H,20,21). The molecule has 4 rings (SSSR count). The molecule has 23 heavy (non-hydrogen) atoms. The lowest BCUT2D eigenvalue weighted by atomic mass is 9.74. The Morgan fingerprint density at radius 1 is 0.826 bits per heavy atom. The Morgan fingerprint density at radius 2 is 1.22 bits per heavy atom.